The number of aryl methyl sites for hydroxylation is 1. The van der Waals surface area contributed by atoms with Crippen molar-refractivity contribution in [3.05, 3.63) is 76.7 Å². The molecule has 22 heavy (non-hydrogen) atoms. The highest BCUT2D eigenvalue weighted by atomic mass is 16.5. The Hall–Kier alpha value is -2.28. The lowest BCUT2D eigenvalue weighted by Gasteiger charge is -2.11. The van der Waals surface area contributed by atoms with Gasteiger partial charge in [-0.25, -0.2) is 0 Å². The van der Waals surface area contributed by atoms with Crippen LogP contribution in [-0.2, 0) is 11.2 Å². The monoisotopic (exact) mass is 292 g/mol. The third kappa shape index (κ3) is 3.88. The van der Waals surface area contributed by atoms with E-state index in [4.69, 9.17) is 4.74 Å². The van der Waals surface area contributed by atoms with Crippen LogP contribution in [0, 0.1) is 0 Å². The average Bonchev–Trinajstić information content (AvgIpc) is 2.55. The minimum Gasteiger partial charge on any atom is -0.461 e. The van der Waals surface area contributed by atoms with Gasteiger partial charge in [0.05, 0.1) is 0 Å². The lowest BCUT2D eigenvalue weighted by atomic mass is 10.1. The Balaban J connectivity index is 2.30. The first-order valence-corrected chi connectivity index (χ1v) is 7.84. The van der Waals surface area contributed by atoms with Gasteiger partial charge in [0.2, 0.25) is 0 Å². The quantitative estimate of drug-likeness (QED) is 0.748. The molecule has 0 unspecified atom stereocenters. The molecule has 0 radical (unpaired) electrons. The van der Waals surface area contributed by atoms with E-state index < -0.39 is 0 Å². The number of benzene rings is 2. The number of rotatable bonds is 5. The predicted octanol–water partition coefficient (Wildman–Crippen LogP) is 4.26. The van der Waals surface area contributed by atoms with E-state index in [1.54, 1.807) is 0 Å². The van der Waals surface area contributed by atoms with Crippen LogP contribution >= 0.6 is 0 Å². The van der Waals surface area contributed by atoms with Crippen molar-refractivity contribution in [3.63, 3.8) is 0 Å². The maximum Gasteiger partial charge on any atom is 0.127 e. The van der Waals surface area contributed by atoms with E-state index in [-0.39, 0.29) is 0 Å². The summed E-state index contributed by atoms with van der Waals surface area (Å²) in [5.41, 5.74) is 2.37. The van der Waals surface area contributed by atoms with Gasteiger partial charge >= 0.3 is 0 Å². The first-order valence-electron chi connectivity index (χ1n) is 7.84. The smallest absolute Gasteiger partial charge is 0.127 e. The summed E-state index contributed by atoms with van der Waals surface area (Å²) in [4.78, 5) is 0. The van der Waals surface area contributed by atoms with Crippen molar-refractivity contribution in [2.45, 2.75) is 33.6 Å². The van der Waals surface area contributed by atoms with Gasteiger partial charge in [-0.1, -0.05) is 68.5 Å². The fourth-order valence-corrected chi connectivity index (χ4v) is 2.56. The molecule has 0 bridgehead atoms. The van der Waals surface area contributed by atoms with E-state index in [1.807, 2.05) is 32.0 Å². The Labute approximate surface area is 133 Å². The van der Waals surface area contributed by atoms with E-state index in [2.05, 4.69) is 49.9 Å². The Morgan fingerprint density at radius 1 is 1.14 bits per heavy atom. The van der Waals surface area contributed by atoms with Gasteiger partial charge in [0, 0.05) is 10.8 Å². The molecule has 0 fully saturated rings. The van der Waals surface area contributed by atoms with Gasteiger partial charge in [-0.05, 0) is 37.1 Å². The molecule has 2 rings (SSSR count). The Kier molecular flexibility index (Phi) is 5.60. The van der Waals surface area contributed by atoms with Crippen molar-refractivity contribution >= 4 is 17.6 Å². The summed E-state index contributed by atoms with van der Waals surface area (Å²) in [6, 6.07) is 16.7. The van der Waals surface area contributed by atoms with Gasteiger partial charge in [0.1, 0.15) is 11.5 Å². The zero-order chi connectivity index (χ0) is 15.9. The second-order valence-corrected chi connectivity index (χ2v) is 5.41. The lowest BCUT2D eigenvalue weighted by Crippen LogP contribution is -2.26. The maximum atomic E-state index is 6.00. The molecule has 114 valence electrons. The van der Waals surface area contributed by atoms with Crippen LogP contribution in [0.25, 0.3) is 17.6 Å². The summed E-state index contributed by atoms with van der Waals surface area (Å²) >= 11 is 0. The van der Waals surface area contributed by atoms with Crippen molar-refractivity contribution in [2.24, 2.45) is 0 Å². The summed E-state index contributed by atoms with van der Waals surface area (Å²) in [6.45, 7) is 10.3. The molecule has 2 aromatic carbocycles. The van der Waals surface area contributed by atoms with Crippen LogP contribution in [-0.4, -0.2) is 0 Å². The summed E-state index contributed by atoms with van der Waals surface area (Å²) < 4.78 is 6.00. The molecule has 0 N–H and O–H groups in total. The van der Waals surface area contributed by atoms with Crippen LogP contribution in [0.3, 0.4) is 0 Å². The molecule has 0 saturated heterocycles. The zero-order valence-corrected chi connectivity index (χ0v) is 13.7. The predicted molar refractivity (Wildman–Crippen MR) is 95.5 cm³/mol. The molecule has 2 aromatic rings. The Morgan fingerprint density at radius 3 is 2.64 bits per heavy atom. The second kappa shape index (κ2) is 7.65. The Morgan fingerprint density at radius 2 is 1.91 bits per heavy atom. The number of hydrogen-bond donors (Lipinski definition) is 0. The first kappa shape index (κ1) is 16.1. The molecular formula is C21H24O. The van der Waals surface area contributed by atoms with Gasteiger partial charge in [-0.3, -0.25) is 0 Å². The van der Waals surface area contributed by atoms with E-state index in [0.717, 1.165) is 29.4 Å². The van der Waals surface area contributed by atoms with Crippen molar-refractivity contribution < 1.29 is 4.74 Å². The summed E-state index contributed by atoms with van der Waals surface area (Å²) in [6.07, 6.45) is 4.31. The standard InChI is InChI=1S/C21H24O/c1-5-10-18-11-9-13-20(15-18)16(3)22-17(4)21-14-8-7-12-19(21)6-2/h6-9,11-15H,3,5,10H2,1-2,4H3/b19-6-,21-17+. The lowest BCUT2D eigenvalue weighted by molar-refractivity contribution is 0.461. The third-order valence-electron chi connectivity index (χ3n) is 3.72. The summed E-state index contributed by atoms with van der Waals surface area (Å²) in [5, 5.41) is 2.28. The summed E-state index contributed by atoms with van der Waals surface area (Å²) in [5.74, 6) is 1.57. The molecule has 0 aliphatic heterocycles. The Bertz CT molecular complexity index is 768. The average molecular weight is 292 g/mol. The largest absolute Gasteiger partial charge is 0.461 e. The van der Waals surface area contributed by atoms with Crippen LogP contribution in [0.15, 0.2) is 55.1 Å². The van der Waals surface area contributed by atoms with E-state index in [0.29, 0.717) is 5.76 Å². The third-order valence-corrected chi connectivity index (χ3v) is 3.72. The molecule has 0 saturated carbocycles. The van der Waals surface area contributed by atoms with Crippen molar-refractivity contribution in [1.29, 1.82) is 0 Å². The SMILES string of the molecule is C=C(O/C(C)=c1\cccc\c1=C\C)c1cccc(CCC)c1. The van der Waals surface area contributed by atoms with Gasteiger partial charge in [0.15, 0.2) is 0 Å². The zero-order valence-electron chi connectivity index (χ0n) is 13.7. The highest BCUT2D eigenvalue weighted by Gasteiger charge is 2.03. The van der Waals surface area contributed by atoms with E-state index >= 15 is 0 Å². The molecule has 0 spiro atoms. The molecule has 0 aliphatic rings. The highest BCUT2D eigenvalue weighted by Crippen LogP contribution is 2.19. The van der Waals surface area contributed by atoms with Crippen LogP contribution in [0.1, 0.15) is 38.3 Å². The molecular weight excluding hydrogens is 268 g/mol. The minimum absolute atomic E-state index is 0.696. The molecule has 1 heteroatoms. The van der Waals surface area contributed by atoms with Crippen molar-refractivity contribution in [2.75, 3.05) is 0 Å². The molecule has 0 aromatic heterocycles. The van der Waals surface area contributed by atoms with Crippen LogP contribution in [0.4, 0.5) is 0 Å². The molecule has 0 amide bonds. The number of ether oxygens (including phenoxy) is 1. The second-order valence-electron chi connectivity index (χ2n) is 5.41. The van der Waals surface area contributed by atoms with E-state index in [1.165, 1.54) is 10.8 Å². The molecule has 0 heterocycles. The van der Waals surface area contributed by atoms with Crippen molar-refractivity contribution in [1.82, 2.24) is 0 Å². The summed E-state index contributed by atoms with van der Waals surface area (Å²) in [7, 11) is 0. The van der Waals surface area contributed by atoms with Gasteiger partial charge in [0.25, 0.3) is 0 Å². The van der Waals surface area contributed by atoms with Gasteiger partial charge in [-0.15, -0.1) is 0 Å². The van der Waals surface area contributed by atoms with Gasteiger partial charge in [-0.2, -0.15) is 0 Å². The normalized spacial score (nSPS) is 13.0. The number of hydrogen-bond acceptors (Lipinski definition) is 1. The fourth-order valence-electron chi connectivity index (χ4n) is 2.56. The first-order chi connectivity index (χ1) is 10.7. The van der Waals surface area contributed by atoms with Crippen molar-refractivity contribution in [3.8, 4) is 0 Å². The van der Waals surface area contributed by atoms with E-state index in [9.17, 15) is 0 Å². The van der Waals surface area contributed by atoms with Crippen LogP contribution in [0.5, 0.6) is 0 Å². The van der Waals surface area contributed by atoms with Gasteiger partial charge < -0.3 is 4.74 Å². The maximum absolute atomic E-state index is 6.00. The fraction of sp³-hybridized carbons (Fsp3) is 0.238. The topological polar surface area (TPSA) is 9.23 Å². The highest BCUT2D eigenvalue weighted by molar-refractivity contribution is 5.62. The minimum atomic E-state index is 0.696. The molecule has 0 aliphatic carbocycles. The molecule has 0 atom stereocenters. The molecule has 1 nitrogen and oxygen atoms in total. The van der Waals surface area contributed by atoms with Crippen LogP contribution < -0.4 is 10.4 Å². The van der Waals surface area contributed by atoms with Crippen LogP contribution in [0.2, 0.25) is 0 Å².